The standard InChI is InChI=1S/C18H21ClIN/c1-2-21-13-16(11-14-3-7-17(19)8-4-14)12-15-5-9-18(20)10-6-15/h3-10,16,21H,2,11-13H2,1H3. The predicted octanol–water partition coefficient (Wildman–Crippen LogP) is 4.96. The highest BCUT2D eigenvalue weighted by atomic mass is 127. The van der Waals surface area contributed by atoms with Crippen molar-refractivity contribution in [3.05, 3.63) is 68.3 Å². The van der Waals surface area contributed by atoms with Gasteiger partial charge in [0, 0.05) is 8.59 Å². The second-order valence-electron chi connectivity index (χ2n) is 5.33. The number of hydrogen-bond donors (Lipinski definition) is 1. The van der Waals surface area contributed by atoms with Crippen LogP contribution < -0.4 is 5.32 Å². The van der Waals surface area contributed by atoms with Gasteiger partial charge in [0.1, 0.15) is 0 Å². The summed E-state index contributed by atoms with van der Waals surface area (Å²) >= 11 is 8.31. The summed E-state index contributed by atoms with van der Waals surface area (Å²) < 4.78 is 1.29. The fraction of sp³-hybridized carbons (Fsp3) is 0.333. The van der Waals surface area contributed by atoms with Crippen LogP contribution in [0.2, 0.25) is 5.02 Å². The van der Waals surface area contributed by atoms with E-state index in [4.69, 9.17) is 11.6 Å². The van der Waals surface area contributed by atoms with E-state index < -0.39 is 0 Å². The molecule has 0 bridgehead atoms. The zero-order valence-electron chi connectivity index (χ0n) is 12.3. The van der Waals surface area contributed by atoms with E-state index in [1.165, 1.54) is 14.7 Å². The Labute approximate surface area is 146 Å². The van der Waals surface area contributed by atoms with Gasteiger partial charge in [-0.05, 0) is 89.8 Å². The van der Waals surface area contributed by atoms with E-state index in [0.29, 0.717) is 5.92 Å². The first-order valence-electron chi connectivity index (χ1n) is 7.37. The third-order valence-corrected chi connectivity index (χ3v) is 4.53. The third-order valence-electron chi connectivity index (χ3n) is 3.56. The highest BCUT2D eigenvalue weighted by Gasteiger charge is 2.10. The Hall–Kier alpha value is -0.580. The summed E-state index contributed by atoms with van der Waals surface area (Å²) in [6, 6.07) is 17.1. The molecule has 0 radical (unpaired) electrons. The molecule has 112 valence electrons. The maximum Gasteiger partial charge on any atom is 0.0406 e. The molecule has 1 unspecified atom stereocenters. The van der Waals surface area contributed by atoms with Crippen molar-refractivity contribution in [2.45, 2.75) is 19.8 Å². The highest BCUT2D eigenvalue weighted by Crippen LogP contribution is 2.17. The smallest absolute Gasteiger partial charge is 0.0406 e. The van der Waals surface area contributed by atoms with Crippen molar-refractivity contribution in [2.75, 3.05) is 13.1 Å². The lowest BCUT2D eigenvalue weighted by atomic mass is 9.92. The second kappa shape index (κ2) is 8.76. The molecule has 1 nitrogen and oxygen atoms in total. The molecule has 0 saturated carbocycles. The van der Waals surface area contributed by atoms with Crippen LogP contribution in [0.1, 0.15) is 18.1 Å². The predicted molar refractivity (Wildman–Crippen MR) is 100 cm³/mol. The van der Waals surface area contributed by atoms with Crippen LogP contribution in [0.25, 0.3) is 0 Å². The van der Waals surface area contributed by atoms with Crippen LogP contribution >= 0.6 is 34.2 Å². The average molecular weight is 414 g/mol. The fourth-order valence-corrected chi connectivity index (χ4v) is 2.96. The second-order valence-corrected chi connectivity index (χ2v) is 7.02. The van der Waals surface area contributed by atoms with Crippen molar-refractivity contribution in [3.8, 4) is 0 Å². The normalized spacial score (nSPS) is 12.3. The molecule has 3 heteroatoms. The summed E-state index contributed by atoms with van der Waals surface area (Å²) in [6.07, 6.45) is 2.18. The summed E-state index contributed by atoms with van der Waals surface area (Å²) in [5.74, 6) is 0.603. The van der Waals surface area contributed by atoms with Gasteiger partial charge < -0.3 is 5.32 Å². The van der Waals surface area contributed by atoms with Crippen molar-refractivity contribution in [1.82, 2.24) is 5.32 Å². The summed E-state index contributed by atoms with van der Waals surface area (Å²) in [5.41, 5.74) is 2.76. The van der Waals surface area contributed by atoms with Crippen molar-refractivity contribution in [2.24, 2.45) is 5.92 Å². The number of benzene rings is 2. The Balaban J connectivity index is 2.02. The van der Waals surface area contributed by atoms with Crippen LogP contribution in [0, 0.1) is 9.49 Å². The van der Waals surface area contributed by atoms with E-state index in [1.54, 1.807) is 0 Å². The molecule has 21 heavy (non-hydrogen) atoms. The third kappa shape index (κ3) is 5.97. The number of hydrogen-bond acceptors (Lipinski definition) is 1. The van der Waals surface area contributed by atoms with Crippen LogP contribution in [0.5, 0.6) is 0 Å². The molecule has 0 aliphatic rings. The molecule has 0 heterocycles. The Morgan fingerprint density at radius 2 is 1.48 bits per heavy atom. The number of halogens is 2. The van der Waals surface area contributed by atoms with E-state index in [2.05, 4.69) is 71.2 Å². The molecular formula is C18H21ClIN. The Bertz CT molecular complexity index is 489. The van der Waals surface area contributed by atoms with Crippen LogP contribution in [-0.2, 0) is 12.8 Å². The fourth-order valence-electron chi connectivity index (χ4n) is 2.47. The lowest BCUT2D eigenvalue weighted by molar-refractivity contribution is 0.478. The van der Waals surface area contributed by atoms with E-state index >= 15 is 0 Å². The van der Waals surface area contributed by atoms with E-state index in [1.807, 2.05) is 12.1 Å². The Morgan fingerprint density at radius 1 is 0.952 bits per heavy atom. The summed E-state index contributed by atoms with van der Waals surface area (Å²) in [7, 11) is 0. The SMILES string of the molecule is CCNCC(Cc1ccc(Cl)cc1)Cc1ccc(I)cc1. The number of nitrogens with one attached hydrogen (secondary N) is 1. The maximum atomic E-state index is 5.96. The first-order chi connectivity index (χ1) is 10.2. The summed E-state index contributed by atoms with van der Waals surface area (Å²) in [6.45, 7) is 4.22. The molecule has 0 aromatic heterocycles. The van der Waals surface area contributed by atoms with E-state index in [-0.39, 0.29) is 0 Å². The van der Waals surface area contributed by atoms with Crippen LogP contribution in [-0.4, -0.2) is 13.1 Å². The molecule has 0 aliphatic heterocycles. The number of rotatable bonds is 7. The molecule has 2 aromatic rings. The molecule has 1 N–H and O–H groups in total. The molecule has 1 atom stereocenters. The highest BCUT2D eigenvalue weighted by molar-refractivity contribution is 14.1. The maximum absolute atomic E-state index is 5.96. The molecule has 0 saturated heterocycles. The zero-order valence-corrected chi connectivity index (χ0v) is 15.2. The molecule has 0 spiro atoms. The quantitative estimate of drug-likeness (QED) is 0.633. The van der Waals surface area contributed by atoms with Gasteiger partial charge in [-0.3, -0.25) is 0 Å². The van der Waals surface area contributed by atoms with E-state index in [0.717, 1.165) is 31.0 Å². The summed E-state index contributed by atoms with van der Waals surface area (Å²) in [4.78, 5) is 0. The molecule has 0 aliphatic carbocycles. The first kappa shape index (κ1) is 16.8. The van der Waals surface area contributed by atoms with Gasteiger partial charge >= 0.3 is 0 Å². The van der Waals surface area contributed by atoms with Gasteiger partial charge in [-0.25, -0.2) is 0 Å². The van der Waals surface area contributed by atoms with Crippen LogP contribution in [0.4, 0.5) is 0 Å². The van der Waals surface area contributed by atoms with Crippen LogP contribution in [0.15, 0.2) is 48.5 Å². The molecule has 0 amide bonds. The van der Waals surface area contributed by atoms with Crippen LogP contribution in [0.3, 0.4) is 0 Å². The van der Waals surface area contributed by atoms with Crippen molar-refractivity contribution < 1.29 is 0 Å². The van der Waals surface area contributed by atoms with Gasteiger partial charge in [-0.2, -0.15) is 0 Å². The zero-order chi connectivity index (χ0) is 15.1. The van der Waals surface area contributed by atoms with Crippen molar-refractivity contribution >= 4 is 34.2 Å². The topological polar surface area (TPSA) is 12.0 Å². The van der Waals surface area contributed by atoms with Crippen molar-refractivity contribution in [3.63, 3.8) is 0 Å². The minimum absolute atomic E-state index is 0.603. The van der Waals surface area contributed by atoms with Gasteiger partial charge in [0.2, 0.25) is 0 Å². The Kier molecular flexibility index (Phi) is 7.00. The molecular weight excluding hydrogens is 393 g/mol. The minimum Gasteiger partial charge on any atom is -0.317 e. The van der Waals surface area contributed by atoms with E-state index in [9.17, 15) is 0 Å². The van der Waals surface area contributed by atoms with Crippen molar-refractivity contribution in [1.29, 1.82) is 0 Å². The van der Waals surface area contributed by atoms with Gasteiger partial charge in [0.05, 0.1) is 0 Å². The largest absolute Gasteiger partial charge is 0.317 e. The molecule has 2 rings (SSSR count). The Morgan fingerprint density at radius 3 is 2.00 bits per heavy atom. The van der Waals surface area contributed by atoms with Gasteiger partial charge in [0.15, 0.2) is 0 Å². The molecule has 2 aromatic carbocycles. The van der Waals surface area contributed by atoms with Gasteiger partial charge in [0.25, 0.3) is 0 Å². The van der Waals surface area contributed by atoms with Gasteiger partial charge in [-0.15, -0.1) is 0 Å². The average Bonchev–Trinajstić information content (AvgIpc) is 2.49. The lowest BCUT2D eigenvalue weighted by Gasteiger charge is -2.18. The molecule has 0 fully saturated rings. The summed E-state index contributed by atoms with van der Waals surface area (Å²) in [5, 5.41) is 4.29. The minimum atomic E-state index is 0.603. The monoisotopic (exact) mass is 413 g/mol. The lowest BCUT2D eigenvalue weighted by Crippen LogP contribution is -2.25. The first-order valence-corrected chi connectivity index (χ1v) is 8.82. The van der Waals surface area contributed by atoms with Gasteiger partial charge in [-0.1, -0.05) is 42.8 Å².